The molecule has 4 aromatic carbocycles. The van der Waals surface area contributed by atoms with Crippen molar-refractivity contribution in [3.8, 4) is 11.4 Å². The predicted molar refractivity (Wildman–Crippen MR) is 236 cm³/mol. The molecule has 0 spiro atoms. The van der Waals surface area contributed by atoms with Crippen LogP contribution in [0.15, 0.2) is 112 Å². The monoisotopic (exact) mass is 944 g/mol. The summed E-state index contributed by atoms with van der Waals surface area (Å²) in [6.45, 7) is 22.3. The minimum atomic E-state index is -0.169. The average molecular weight is 945 g/mol. The smallest absolute Gasteiger partial charge is 0.139 e. The van der Waals surface area contributed by atoms with E-state index in [1.165, 1.54) is 11.1 Å². The zero-order valence-corrected chi connectivity index (χ0v) is 37.2. The molecule has 0 unspecified atom stereocenters. The minimum absolute atomic E-state index is 0. The van der Waals surface area contributed by atoms with Crippen molar-refractivity contribution in [1.29, 1.82) is 0 Å². The van der Waals surface area contributed by atoms with Crippen molar-refractivity contribution in [2.75, 3.05) is 4.90 Å². The molecule has 5 aromatic heterocycles. The van der Waals surface area contributed by atoms with Crippen LogP contribution in [0.2, 0.25) is 0 Å². The summed E-state index contributed by atoms with van der Waals surface area (Å²) in [6, 6.07) is 37.6. The maximum atomic E-state index is 7.03. The molecule has 58 heavy (non-hydrogen) atoms. The number of rotatable bonds is 5. The Labute approximate surface area is 355 Å². The Morgan fingerprint density at radius 1 is 0.638 bits per heavy atom. The molecule has 0 fully saturated rings. The van der Waals surface area contributed by atoms with Gasteiger partial charge in [-0.25, -0.2) is 4.98 Å². The van der Waals surface area contributed by atoms with Crippen LogP contribution in [0.25, 0.3) is 66.2 Å². The standard InChI is InChI=1S/C51H49N4O2.Pt/c1-30-22-42(55(35-17-12-11-13-18-35)43-28-34(51(8,9)10)27-39(53-43)38-26-33(20-21-52-38)50(5,6)7)54-46-37-25-32-16-14-15-19-36(32)48-44(37)45-40(56-47(30)46)23-31(24-41(45)57-48)29-49(2,3)4;/h11-24,26-28H,29H2,1-10H3;/q-1;. The van der Waals surface area contributed by atoms with Crippen molar-refractivity contribution >= 4 is 72.1 Å². The number of benzene rings is 4. The van der Waals surface area contributed by atoms with Gasteiger partial charge < -0.3 is 8.83 Å². The van der Waals surface area contributed by atoms with Crippen LogP contribution in [0.3, 0.4) is 0 Å². The molecule has 0 saturated carbocycles. The largest absolute Gasteiger partial charge is 0.472 e. The maximum Gasteiger partial charge on any atom is 0.139 e. The molecular formula is C51H49N4O2Pt-. The first-order valence-electron chi connectivity index (χ1n) is 19.9. The third-order valence-electron chi connectivity index (χ3n) is 10.9. The van der Waals surface area contributed by atoms with Gasteiger partial charge in [-0.3, -0.25) is 14.9 Å². The number of furan rings is 1. The van der Waals surface area contributed by atoms with Crippen molar-refractivity contribution in [1.82, 2.24) is 15.0 Å². The van der Waals surface area contributed by atoms with Gasteiger partial charge in [0.05, 0.1) is 22.5 Å². The minimum Gasteiger partial charge on any atom is -0.472 e. The van der Waals surface area contributed by atoms with Crippen molar-refractivity contribution in [3.05, 3.63) is 132 Å². The number of fused-ring (bicyclic) bond motifs is 4. The normalized spacial score (nSPS) is 12.6. The van der Waals surface area contributed by atoms with E-state index in [1.54, 1.807) is 0 Å². The van der Waals surface area contributed by atoms with E-state index < -0.39 is 0 Å². The average Bonchev–Trinajstić information content (AvgIpc) is 3.48. The van der Waals surface area contributed by atoms with Crippen LogP contribution in [0.5, 0.6) is 0 Å². The predicted octanol–water partition coefficient (Wildman–Crippen LogP) is 14.3. The van der Waals surface area contributed by atoms with Crippen LogP contribution in [0, 0.1) is 18.4 Å². The Balaban J connectivity index is 0.00000469. The first-order chi connectivity index (χ1) is 27.0. The summed E-state index contributed by atoms with van der Waals surface area (Å²) >= 11 is 0. The molecule has 0 atom stereocenters. The fourth-order valence-corrected chi connectivity index (χ4v) is 7.99. The van der Waals surface area contributed by atoms with Crippen LogP contribution < -0.4 is 4.90 Å². The second-order valence-electron chi connectivity index (χ2n) is 18.8. The van der Waals surface area contributed by atoms with E-state index in [1.807, 2.05) is 18.3 Å². The van der Waals surface area contributed by atoms with Gasteiger partial charge in [0.15, 0.2) is 0 Å². The van der Waals surface area contributed by atoms with Gasteiger partial charge in [0.1, 0.15) is 28.4 Å². The molecule has 0 aliphatic carbocycles. The molecule has 6 nitrogen and oxygen atoms in total. The van der Waals surface area contributed by atoms with E-state index in [0.29, 0.717) is 11.1 Å². The molecule has 0 saturated heterocycles. The summed E-state index contributed by atoms with van der Waals surface area (Å²) < 4.78 is 13.8. The second-order valence-corrected chi connectivity index (χ2v) is 18.8. The molecular weight excluding hydrogens is 896 g/mol. The Morgan fingerprint density at radius 3 is 1.97 bits per heavy atom. The van der Waals surface area contributed by atoms with Gasteiger partial charge in [0, 0.05) is 38.3 Å². The van der Waals surface area contributed by atoms with Crippen LogP contribution in [0.4, 0.5) is 17.3 Å². The number of hydrogen-bond acceptors (Lipinski definition) is 6. The van der Waals surface area contributed by atoms with Gasteiger partial charge in [-0.15, -0.1) is 17.5 Å². The molecule has 0 N–H and O–H groups in total. The van der Waals surface area contributed by atoms with E-state index >= 15 is 0 Å². The molecule has 0 aliphatic heterocycles. The van der Waals surface area contributed by atoms with E-state index in [2.05, 4.69) is 165 Å². The van der Waals surface area contributed by atoms with Gasteiger partial charge in [-0.05, 0) is 117 Å². The van der Waals surface area contributed by atoms with Crippen LogP contribution in [-0.4, -0.2) is 15.0 Å². The quantitative estimate of drug-likeness (QED) is 0.160. The first kappa shape index (κ1) is 39.5. The van der Waals surface area contributed by atoms with Gasteiger partial charge >= 0.3 is 0 Å². The van der Waals surface area contributed by atoms with Gasteiger partial charge in [-0.2, -0.15) is 0 Å². The summed E-state index contributed by atoms with van der Waals surface area (Å²) in [7, 11) is 0. The summed E-state index contributed by atoms with van der Waals surface area (Å²) in [5.74, 6) is 1.47. The van der Waals surface area contributed by atoms with E-state index in [4.69, 9.17) is 23.8 Å². The summed E-state index contributed by atoms with van der Waals surface area (Å²) in [5, 5.41) is 4.75. The zero-order valence-electron chi connectivity index (χ0n) is 34.9. The SMILES string of the molecule is Cc1cc(N(c2ccccc2)c2cc(C(C)(C)C)cc(-c3cc(C(C)(C)C)ccn3)n2)nc2c1oc1cc(CC(C)(C)C)cc3oc4c5ccccc5[c-]c2c4c13.[Pt]. The molecule has 5 heterocycles. The molecule has 0 radical (unpaired) electrons. The van der Waals surface area contributed by atoms with Crippen molar-refractivity contribution in [2.24, 2.45) is 5.41 Å². The number of hydrogen-bond donors (Lipinski definition) is 0. The molecule has 296 valence electrons. The van der Waals surface area contributed by atoms with Gasteiger partial charge in [0.25, 0.3) is 0 Å². The molecule has 0 bridgehead atoms. The number of aromatic nitrogens is 3. The number of anilines is 3. The Hall–Kier alpha value is -5.32. The van der Waals surface area contributed by atoms with Crippen LogP contribution in [-0.2, 0) is 38.3 Å². The number of aryl methyl sites for hydroxylation is 1. The van der Waals surface area contributed by atoms with Gasteiger partial charge in [-0.1, -0.05) is 104 Å². The Morgan fingerprint density at radius 2 is 1.28 bits per heavy atom. The first-order valence-corrected chi connectivity index (χ1v) is 19.9. The summed E-state index contributed by atoms with van der Waals surface area (Å²) in [5.41, 5.74) is 10.8. The fourth-order valence-electron chi connectivity index (χ4n) is 7.99. The number of nitrogens with zero attached hydrogens (tertiary/aromatic N) is 4. The zero-order chi connectivity index (χ0) is 40.0. The molecule has 9 aromatic rings. The van der Waals surface area contributed by atoms with Crippen molar-refractivity contribution < 1.29 is 29.9 Å². The Kier molecular flexibility index (Phi) is 9.67. The summed E-state index contributed by atoms with van der Waals surface area (Å²) in [6.07, 6.45) is 2.77. The number of para-hydroxylation sites is 1. The topological polar surface area (TPSA) is 68.2 Å². The van der Waals surface area contributed by atoms with Crippen LogP contribution in [0.1, 0.15) is 84.6 Å². The van der Waals surface area contributed by atoms with E-state index in [9.17, 15) is 0 Å². The Bertz CT molecular complexity index is 3010. The maximum absolute atomic E-state index is 7.03. The molecule has 0 aliphatic rings. The number of pyridine rings is 3. The van der Waals surface area contributed by atoms with Crippen LogP contribution >= 0.6 is 0 Å². The third kappa shape index (κ3) is 7.10. The molecule has 0 amide bonds. The summed E-state index contributed by atoms with van der Waals surface area (Å²) in [4.78, 5) is 18.0. The third-order valence-corrected chi connectivity index (χ3v) is 10.9. The van der Waals surface area contributed by atoms with Crippen molar-refractivity contribution in [3.63, 3.8) is 0 Å². The fraction of sp³-hybridized carbons (Fsp3) is 0.275. The van der Waals surface area contributed by atoms with E-state index in [-0.39, 0.29) is 37.3 Å². The van der Waals surface area contributed by atoms with Gasteiger partial charge in [0.2, 0.25) is 0 Å². The molecule has 7 heteroatoms. The van der Waals surface area contributed by atoms with E-state index in [0.717, 1.165) is 89.9 Å². The van der Waals surface area contributed by atoms with Crippen molar-refractivity contribution in [2.45, 2.75) is 86.5 Å². The molecule has 9 rings (SSSR count). The second kappa shape index (κ2) is 14.2.